The minimum absolute atomic E-state index is 0.687. The third-order valence-corrected chi connectivity index (χ3v) is 3.48. The molecule has 0 radical (unpaired) electrons. The standard InChI is InChI=1S/C10H10Cl3F2N7O4/c1-3(23)24-6-4(2-19-21-17)25-7(26-8(16)10(11,12)13)5(20-22-18)9(6,14)15/h4-7,16H,2H2,1H3/t4-,5+,6-,7-/m1/s1. The van der Waals surface area contributed by atoms with Gasteiger partial charge in [-0.15, -0.1) is 0 Å². The van der Waals surface area contributed by atoms with E-state index in [1.807, 2.05) is 0 Å². The van der Waals surface area contributed by atoms with Gasteiger partial charge in [0.15, 0.2) is 12.1 Å². The van der Waals surface area contributed by atoms with E-state index in [1.165, 1.54) is 0 Å². The third-order valence-electron chi connectivity index (χ3n) is 2.96. The van der Waals surface area contributed by atoms with Crippen molar-refractivity contribution < 1.29 is 27.8 Å². The highest BCUT2D eigenvalue weighted by atomic mass is 35.6. The summed E-state index contributed by atoms with van der Waals surface area (Å²) in [5, 5.41) is 13.4. The molecule has 11 nitrogen and oxygen atoms in total. The number of alkyl halides is 5. The van der Waals surface area contributed by atoms with Crippen molar-refractivity contribution in [1.29, 1.82) is 5.41 Å². The van der Waals surface area contributed by atoms with Crippen molar-refractivity contribution in [2.75, 3.05) is 6.54 Å². The molecule has 0 aromatic rings. The number of rotatable bonds is 5. The van der Waals surface area contributed by atoms with E-state index in [0.717, 1.165) is 6.92 Å². The van der Waals surface area contributed by atoms with Crippen LogP contribution in [0.15, 0.2) is 10.2 Å². The van der Waals surface area contributed by atoms with E-state index >= 15 is 0 Å². The van der Waals surface area contributed by atoms with Crippen LogP contribution in [0.4, 0.5) is 8.78 Å². The van der Waals surface area contributed by atoms with Gasteiger partial charge >= 0.3 is 11.9 Å². The zero-order valence-electron chi connectivity index (χ0n) is 12.7. The fourth-order valence-corrected chi connectivity index (χ4v) is 2.10. The average Bonchev–Trinajstić information content (AvgIpc) is 2.51. The molecule has 16 heteroatoms. The van der Waals surface area contributed by atoms with Gasteiger partial charge in [-0.1, -0.05) is 45.0 Å². The first-order valence-electron chi connectivity index (χ1n) is 6.53. The topological polar surface area (TPSA) is 166 Å². The highest BCUT2D eigenvalue weighted by molar-refractivity contribution is 6.76. The Morgan fingerprint density at radius 2 is 1.96 bits per heavy atom. The molecule has 0 aromatic heterocycles. The van der Waals surface area contributed by atoms with Gasteiger partial charge in [0.1, 0.15) is 6.10 Å². The average molecular weight is 437 g/mol. The van der Waals surface area contributed by atoms with Gasteiger partial charge in [-0.3, -0.25) is 10.2 Å². The zero-order chi connectivity index (χ0) is 20.1. The van der Waals surface area contributed by atoms with Crippen LogP contribution in [0.25, 0.3) is 20.9 Å². The quantitative estimate of drug-likeness (QED) is 0.132. The van der Waals surface area contributed by atoms with Crippen LogP contribution in [0.5, 0.6) is 0 Å². The van der Waals surface area contributed by atoms with Crippen molar-refractivity contribution in [2.24, 2.45) is 10.2 Å². The first kappa shape index (κ1) is 22.3. The summed E-state index contributed by atoms with van der Waals surface area (Å²) in [5.74, 6) is -6.20. The number of hydrogen-bond acceptors (Lipinski definition) is 7. The summed E-state index contributed by atoms with van der Waals surface area (Å²) in [4.78, 5) is 15.8. The summed E-state index contributed by atoms with van der Waals surface area (Å²) >= 11 is 16.2. The molecular weight excluding hydrogens is 427 g/mol. The highest BCUT2D eigenvalue weighted by Gasteiger charge is 2.61. The van der Waals surface area contributed by atoms with Crippen molar-refractivity contribution in [3.05, 3.63) is 20.9 Å². The van der Waals surface area contributed by atoms with Crippen LogP contribution in [0, 0.1) is 5.41 Å². The number of hydrogen-bond donors (Lipinski definition) is 1. The normalized spacial score (nSPS) is 27.5. The van der Waals surface area contributed by atoms with E-state index in [1.54, 1.807) is 0 Å². The number of halogens is 5. The van der Waals surface area contributed by atoms with Gasteiger partial charge in [-0.25, -0.2) is 8.78 Å². The molecule has 26 heavy (non-hydrogen) atoms. The molecule has 1 aliphatic heterocycles. The predicted octanol–water partition coefficient (Wildman–Crippen LogP) is 3.63. The molecule has 0 aromatic carbocycles. The predicted molar refractivity (Wildman–Crippen MR) is 85.2 cm³/mol. The molecule has 4 atom stereocenters. The molecule has 0 unspecified atom stereocenters. The Kier molecular flexibility index (Phi) is 7.51. The lowest BCUT2D eigenvalue weighted by atomic mass is 9.95. The number of esters is 1. The van der Waals surface area contributed by atoms with E-state index in [9.17, 15) is 13.6 Å². The van der Waals surface area contributed by atoms with Gasteiger partial charge in [0.25, 0.3) is 3.79 Å². The van der Waals surface area contributed by atoms with Crippen molar-refractivity contribution in [2.45, 2.75) is 41.2 Å². The number of azide groups is 2. The lowest BCUT2D eigenvalue weighted by molar-refractivity contribution is -0.289. The molecule has 1 N–H and O–H groups in total. The van der Waals surface area contributed by atoms with Gasteiger partial charge in [-0.2, -0.15) is 0 Å². The number of carbonyl (C=O) groups is 1. The van der Waals surface area contributed by atoms with Crippen molar-refractivity contribution in [3.8, 4) is 0 Å². The molecular formula is C10H10Cl3F2N7O4. The molecule has 0 amide bonds. The van der Waals surface area contributed by atoms with Crippen molar-refractivity contribution >= 4 is 46.7 Å². The summed E-state index contributed by atoms with van der Waals surface area (Å²) in [6, 6.07) is -2.38. The van der Waals surface area contributed by atoms with E-state index in [4.69, 9.17) is 60.7 Å². The number of ether oxygens (including phenoxy) is 3. The number of carbonyl (C=O) groups excluding carboxylic acids is 1. The maximum atomic E-state index is 14.7. The van der Waals surface area contributed by atoms with E-state index in [-0.39, 0.29) is 0 Å². The maximum Gasteiger partial charge on any atom is 0.303 e. The molecule has 1 heterocycles. The monoisotopic (exact) mass is 435 g/mol. The Bertz CT molecular complexity index is 663. The van der Waals surface area contributed by atoms with E-state index in [0.29, 0.717) is 0 Å². The van der Waals surface area contributed by atoms with Crippen LogP contribution >= 0.6 is 34.8 Å². The number of nitrogens with zero attached hydrogens (tertiary/aromatic N) is 6. The fraction of sp³-hybridized carbons (Fsp3) is 0.800. The summed E-state index contributed by atoms with van der Waals surface area (Å²) in [6.45, 7) is 0.179. The maximum absolute atomic E-state index is 14.7. The molecule has 1 saturated heterocycles. The van der Waals surface area contributed by atoms with Gasteiger partial charge < -0.3 is 14.2 Å². The van der Waals surface area contributed by atoms with Crippen LogP contribution in [0.1, 0.15) is 6.92 Å². The molecule has 144 valence electrons. The Balaban J connectivity index is 3.29. The van der Waals surface area contributed by atoms with Crippen molar-refractivity contribution in [1.82, 2.24) is 0 Å². The van der Waals surface area contributed by atoms with Crippen LogP contribution in [0.2, 0.25) is 0 Å². The van der Waals surface area contributed by atoms with Crippen molar-refractivity contribution in [3.63, 3.8) is 0 Å². The van der Waals surface area contributed by atoms with Crippen LogP contribution in [0.3, 0.4) is 0 Å². The molecule has 0 aliphatic carbocycles. The molecule has 0 bridgehead atoms. The highest BCUT2D eigenvalue weighted by Crippen LogP contribution is 2.40. The van der Waals surface area contributed by atoms with Crippen LogP contribution in [-0.4, -0.2) is 52.7 Å². The Hall–Kier alpha value is -1.75. The second-order valence-corrected chi connectivity index (χ2v) is 7.04. The van der Waals surface area contributed by atoms with Gasteiger partial charge in [0.05, 0.1) is 6.54 Å². The lowest BCUT2D eigenvalue weighted by Crippen LogP contribution is -2.64. The van der Waals surface area contributed by atoms with Gasteiger partial charge in [-0.05, 0) is 11.1 Å². The second kappa shape index (κ2) is 8.76. The molecule has 1 aliphatic rings. The third kappa shape index (κ3) is 5.37. The molecule has 0 spiro atoms. The first-order chi connectivity index (χ1) is 11.9. The first-order valence-corrected chi connectivity index (χ1v) is 7.66. The summed E-state index contributed by atoms with van der Waals surface area (Å²) in [6.07, 6.45) is -6.04. The van der Waals surface area contributed by atoms with Crippen LogP contribution < -0.4 is 0 Å². The molecule has 1 rings (SSSR count). The van der Waals surface area contributed by atoms with E-state index < -0.39 is 52.7 Å². The molecule has 1 fully saturated rings. The zero-order valence-corrected chi connectivity index (χ0v) is 15.0. The smallest absolute Gasteiger partial charge is 0.303 e. The lowest BCUT2D eigenvalue weighted by Gasteiger charge is -2.43. The van der Waals surface area contributed by atoms with E-state index in [2.05, 4.69) is 24.8 Å². The Morgan fingerprint density at radius 3 is 2.42 bits per heavy atom. The largest absolute Gasteiger partial charge is 0.453 e. The molecule has 0 saturated carbocycles. The minimum Gasteiger partial charge on any atom is -0.453 e. The minimum atomic E-state index is -4.02. The fourth-order valence-electron chi connectivity index (χ4n) is 1.97. The SMILES string of the molecule is CC(=O)O[C@@H]1[C@@H](CN=[N+]=[N-])O[C@H](OC(=N)C(Cl)(Cl)Cl)[C@H](N=[N+]=[N-])C1(F)F. The van der Waals surface area contributed by atoms with Gasteiger partial charge in [0, 0.05) is 16.7 Å². The summed E-state index contributed by atoms with van der Waals surface area (Å²) in [5.41, 5.74) is 16.9. The second-order valence-electron chi connectivity index (χ2n) is 4.76. The van der Waals surface area contributed by atoms with Crippen LogP contribution in [-0.2, 0) is 19.0 Å². The van der Waals surface area contributed by atoms with Gasteiger partial charge in [0.2, 0.25) is 12.2 Å². The Morgan fingerprint density at radius 1 is 1.35 bits per heavy atom. The number of nitrogens with one attached hydrogen (secondary N) is 1. The summed E-state index contributed by atoms with van der Waals surface area (Å²) < 4.78 is 41.5. The summed E-state index contributed by atoms with van der Waals surface area (Å²) in [7, 11) is 0. The Labute approximate surface area is 159 Å².